The molecule has 1 aromatic carbocycles. The normalized spacial score (nSPS) is 14.9. The van der Waals surface area contributed by atoms with E-state index in [1.54, 1.807) is 6.20 Å². The van der Waals surface area contributed by atoms with Crippen LogP contribution in [0, 0.1) is 11.8 Å². The molecule has 2 unspecified atom stereocenters. The second-order valence-electron chi connectivity index (χ2n) is 5.05. The van der Waals surface area contributed by atoms with Gasteiger partial charge in [0.25, 0.3) is 0 Å². The van der Waals surface area contributed by atoms with Crippen molar-refractivity contribution in [2.45, 2.75) is 20.0 Å². The van der Waals surface area contributed by atoms with Gasteiger partial charge in [0.2, 0.25) is 0 Å². The third-order valence-electron chi connectivity index (χ3n) is 3.49. The Bertz CT molecular complexity index is 525. The van der Waals surface area contributed by atoms with Crippen molar-refractivity contribution in [3.63, 3.8) is 0 Å². The van der Waals surface area contributed by atoms with Crippen molar-refractivity contribution in [3.05, 3.63) is 42.1 Å². The first-order valence-electron chi connectivity index (χ1n) is 6.36. The van der Waals surface area contributed by atoms with Crippen LogP contribution in [0.3, 0.4) is 0 Å². The third kappa shape index (κ3) is 2.52. The number of para-hydroxylation sites is 1. The predicted molar refractivity (Wildman–Crippen MR) is 74.1 cm³/mol. The van der Waals surface area contributed by atoms with Crippen LogP contribution in [-0.2, 0) is 0 Å². The molecule has 0 radical (unpaired) electrons. The number of nitrogens with zero attached hydrogens (tertiary/aromatic N) is 1. The van der Waals surface area contributed by atoms with E-state index in [1.165, 1.54) is 0 Å². The van der Waals surface area contributed by atoms with E-state index in [4.69, 9.17) is 5.73 Å². The van der Waals surface area contributed by atoms with E-state index in [1.807, 2.05) is 30.3 Å². The van der Waals surface area contributed by atoms with E-state index < -0.39 is 6.10 Å². The molecule has 0 spiro atoms. The highest BCUT2D eigenvalue weighted by molar-refractivity contribution is 5.78. The molecule has 0 saturated carbocycles. The Morgan fingerprint density at radius 3 is 2.67 bits per heavy atom. The molecule has 0 saturated heterocycles. The van der Waals surface area contributed by atoms with E-state index in [0.29, 0.717) is 12.5 Å². The van der Waals surface area contributed by atoms with Gasteiger partial charge in [-0.2, -0.15) is 0 Å². The molecule has 0 aliphatic carbocycles. The van der Waals surface area contributed by atoms with E-state index in [9.17, 15) is 5.11 Å². The van der Waals surface area contributed by atoms with Crippen LogP contribution in [0.2, 0.25) is 0 Å². The highest BCUT2D eigenvalue weighted by Crippen LogP contribution is 2.28. The van der Waals surface area contributed by atoms with Gasteiger partial charge in [-0.15, -0.1) is 0 Å². The van der Waals surface area contributed by atoms with E-state index in [-0.39, 0.29) is 5.92 Å². The summed E-state index contributed by atoms with van der Waals surface area (Å²) in [6.45, 7) is 4.64. The Labute approximate surface area is 108 Å². The lowest BCUT2D eigenvalue weighted by Gasteiger charge is -2.25. The fourth-order valence-electron chi connectivity index (χ4n) is 2.26. The average molecular weight is 244 g/mol. The lowest BCUT2D eigenvalue weighted by atomic mass is 9.87. The van der Waals surface area contributed by atoms with Gasteiger partial charge in [0, 0.05) is 17.5 Å². The number of nitrogens with two attached hydrogens (primary N) is 1. The number of benzene rings is 1. The van der Waals surface area contributed by atoms with Crippen LogP contribution in [0.25, 0.3) is 10.9 Å². The molecule has 0 aliphatic heterocycles. The van der Waals surface area contributed by atoms with Crippen molar-refractivity contribution in [1.29, 1.82) is 0 Å². The second kappa shape index (κ2) is 5.46. The monoisotopic (exact) mass is 244 g/mol. The first kappa shape index (κ1) is 13.0. The number of aliphatic hydroxyl groups excluding tert-OH is 1. The third-order valence-corrected chi connectivity index (χ3v) is 3.49. The number of rotatable bonds is 4. The minimum Gasteiger partial charge on any atom is -0.388 e. The molecule has 0 aliphatic rings. The van der Waals surface area contributed by atoms with Gasteiger partial charge in [-0.05, 0) is 30.2 Å². The lowest BCUT2D eigenvalue weighted by molar-refractivity contribution is 0.0859. The van der Waals surface area contributed by atoms with Crippen molar-refractivity contribution < 1.29 is 5.11 Å². The van der Waals surface area contributed by atoms with Crippen LogP contribution in [0.15, 0.2) is 36.5 Å². The summed E-state index contributed by atoms with van der Waals surface area (Å²) in [5, 5.41) is 11.4. The van der Waals surface area contributed by atoms with Crippen LogP contribution in [0.5, 0.6) is 0 Å². The first-order chi connectivity index (χ1) is 8.63. The van der Waals surface area contributed by atoms with Gasteiger partial charge in [-0.3, -0.25) is 4.98 Å². The Kier molecular flexibility index (Phi) is 3.94. The Morgan fingerprint density at radius 2 is 2.00 bits per heavy atom. The summed E-state index contributed by atoms with van der Waals surface area (Å²) in [6, 6.07) is 9.91. The number of aromatic nitrogens is 1. The van der Waals surface area contributed by atoms with Crippen molar-refractivity contribution >= 4 is 10.9 Å². The molecule has 96 valence electrons. The number of aliphatic hydroxyl groups is 1. The fraction of sp³-hybridized carbons (Fsp3) is 0.400. The maximum Gasteiger partial charge on any atom is 0.0847 e. The molecular weight excluding hydrogens is 224 g/mol. The summed E-state index contributed by atoms with van der Waals surface area (Å²) in [5.41, 5.74) is 7.54. The summed E-state index contributed by atoms with van der Waals surface area (Å²) in [7, 11) is 0. The highest BCUT2D eigenvalue weighted by atomic mass is 16.3. The van der Waals surface area contributed by atoms with E-state index >= 15 is 0 Å². The van der Waals surface area contributed by atoms with Gasteiger partial charge in [-0.1, -0.05) is 32.0 Å². The molecule has 0 amide bonds. The molecule has 0 bridgehead atoms. The maximum atomic E-state index is 10.4. The molecule has 3 heteroatoms. The molecule has 2 atom stereocenters. The summed E-state index contributed by atoms with van der Waals surface area (Å²) in [6.07, 6.45) is 1.20. The van der Waals surface area contributed by atoms with Crippen LogP contribution < -0.4 is 5.73 Å². The molecule has 18 heavy (non-hydrogen) atoms. The van der Waals surface area contributed by atoms with Crippen molar-refractivity contribution in [3.8, 4) is 0 Å². The Balaban J connectivity index is 2.35. The van der Waals surface area contributed by atoms with Crippen LogP contribution in [-0.4, -0.2) is 16.6 Å². The zero-order valence-electron chi connectivity index (χ0n) is 10.9. The number of hydrogen-bond donors (Lipinski definition) is 2. The zero-order valence-corrected chi connectivity index (χ0v) is 10.9. The van der Waals surface area contributed by atoms with E-state index in [0.717, 1.165) is 16.5 Å². The van der Waals surface area contributed by atoms with Crippen molar-refractivity contribution in [2.75, 3.05) is 6.54 Å². The van der Waals surface area contributed by atoms with Gasteiger partial charge in [-0.25, -0.2) is 0 Å². The minimum absolute atomic E-state index is 0.0629. The molecule has 2 aromatic rings. The van der Waals surface area contributed by atoms with Gasteiger partial charge in [0.05, 0.1) is 11.6 Å². The summed E-state index contributed by atoms with van der Waals surface area (Å²) >= 11 is 0. The van der Waals surface area contributed by atoms with Crippen molar-refractivity contribution in [1.82, 2.24) is 4.98 Å². The molecule has 0 fully saturated rings. The Morgan fingerprint density at radius 1 is 1.28 bits per heavy atom. The number of pyridine rings is 1. The quantitative estimate of drug-likeness (QED) is 0.868. The zero-order chi connectivity index (χ0) is 13.1. The first-order valence-corrected chi connectivity index (χ1v) is 6.36. The largest absolute Gasteiger partial charge is 0.388 e. The topological polar surface area (TPSA) is 59.1 Å². The Hall–Kier alpha value is -1.45. The van der Waals surface area contributed by atoms with Crippen molar-refractivity contribution in [2.24, 2.45) is 17.6 Å². The van der Waals surface area contributed by atoms with Gasteiger partial charge < -0.3 is 10.8 Å². The maximum absolute atomic E-state index is 10.4. The van der Waals surface area contributed by atoms with Crippen LogP contribution >= 0.6 is 0 Å². The van der Waals surface area contributed by atoms with E-state index in [2.05, 4.69) is 18.8 Å². The summed E-state index contributed by atoms with van der Waals surface area (Å²) in [5.74, 6) is 0.407. The summed E-state index contributed by atoms with van der Waals surface area (Å²) in [4.78, 5) is 4.38. The summed E-state index contributed by atoms with van der Waals surface area (Å²) < 4.78 is 0. The van der Waals surface area contributed by atoms with Crippen LogP contribution in [0.4, 0.5) is 0 Å². The molecule has 3 nitrogen and oxygen atoms in total. The molecule has 2 rings (SSSR count). The smallest absolute Gasteiger partial charge is 0.0847 e. The lowest BCUT2D eigenvalue weighted by Crippen LogP contribution is -2.26. The molecular formula is C15H20N2O. The molecule has 3 N–H and O–H groups in total. The fourth-order valence-corrected chi connectivity index (χ4v) is 2.26. The van der Waals surface area contributed by atoms with Gasteiger partial charge in [0.1, 0.15) is 0 Å². The van der Waals surface area contributed by atoms with Gasteiger partial charge >= 0.3 is 0 Å². The average Bonchev–Trinajstić information content (AvgIpc) is 2.38. The molecule has 1 aromatic heterocycles. The second-order valence-corrected chi connectivity index (χ2v) is 5.05. The van der Waals surface area contributed by atoms with Gasteiger partial charge in [0.15, 0.2) is 0 Å². The number of fused-ring (bicyclic) bond motifs is 1. The standard InChI is InChI=1S/C15H20N2O/c1-10(2)13(8-16)15(18)12-7-11-5-3-4-6-14(11)17-9-12/h3-7,9-10,13,15,18H,8,16H2,1-2H3. The predicted octanol–water partition coefficient (Wildman–Crippen LogP) is 2.50. The number of hydrogen-bond acceptors (Lipinski definition) is 3. The minimum atomic E-state index is -0.549. The molecule has 1 heterocycles. The SMILES string of the molecule is CC(C)C(CN)C(O)c1cnc2ccccc2c1. The van der Waals surface area contributed by atoms with Crippen LogP contribution in [0.1, 0.15) is 25.5 Å². The highest BCUT2D eigenvalue weighted by Gasteiger charge is 2.23.